The molecule has 0 aromatic heterocycles. The molecule has 0 aromatic rings. The van der Waals surface area contributed by atoms with Crippen LogP contribution in [0.2, 0.25) is 0 Å². The van der Waals surface area contributed by atoms with Crippen LogP contribution < -0.4 is 0 Å². The average molecular weight is 387 g/mol. The summed E-state index contributed by atoms with van der Waals surface area (Å²) < 4.78 is 31.1. The van der Waals surface area contributed by atoms with Crippen LogP contribution >= 0.6 is 0 Å². The van der Waals surface area contributed by atoms with E-state index in [4.69, 9.17) is 4.74 Å². The Balaban J connectivity index is 1.54. The smallest absolute Gasteiger partial charge is 0.222 e. The van der Waals surface area contributed by atoms with Crippen molar-refractivity contribution in [2.45, 2.75) is 63.9 Å². The fourth-order valence-electron chi connectivity index (χ4n) is 4.45. The molecule has 2 saturated heterocycles. The van der Waals surface area contributed by atoms with E-state index in [9.17, 15) is 13.2 Å². The standard InChI is InChI=1S/C19H34N2O4S/c1-3-9-20(15-16-4-5-16)18(22)13-17-6-12-25-19(14-17)7-10-21(11-8-19)26(2,23)24/h16-17H,3-15H2,1-2H3. The second-order valence-electron chi connectivity index (χ2n) is 8.54. The summed E-state index contributed by atoms with van der Waals surface area (Å²) in [6.07, 6.45) is 8.75. The number of nitrogens with zero attached hydrogens (tertiary/aromatic N) is 2. The molecule has 0 aromatic carbocycles. The first-order valence-electron chi connectivity index (χ1n) is 10.2. The molecular weight excluding hydrogens is 352 g/mol. The molecule has 0 N–H and O–H groups in total. The number of piperidine rings is 1. The summed E-state index contributed by atoms with van der Waals surface area (Å²) in [6, 6.07) is 0. The van der Waals surface area contributed by atoms with E-state index in [1.54, 1.807) is 4.31 Å². The van der Waals surface area contributed by atoms with Gasteiger partial charge in [-0.3, -0.25) is 4.79 Å². The average Bonchev–Trinajstić information content (AvgIpc) is 3.38. The molecule has 2 aliphatic heterocycles. The summed E-state index contributed by atoms with van der Waals surface area (Å²) in [5, 5.41) is 0. The highest BCUT2D eigenvalue weighted by atomic mass is 32.2. The van der Waals surface area contributed by atoms with Gasteiger partial charge >= 0.3 is 0 Å². The molecule has 3 rings (SSSR count). The quantitative estimate of drug-likeness (QED) is 0.673. The third-order valence-corrected chi connectivity index (χ3v) is 7.49. The van der Waals surface area contributed by atoms with Crippen molar-refractivity contribution in [1.82, 2.24) is 9.21 Å². The molecule has 1 atom stereocenters. The monoisotopic (exact) mass is 386 g/mol. The van der Waals surface area contributed by atoms with E-state index < -0.39 is 10.0 Å². The Labute approximate surface area is 158 Å². The number of amides is 1. The van der Waals surface area contributed by atoms with Crippen LogP contribution in [0.15, 0.2) is 0 Å². The molecule has 1 saturated carbocycles. The van der Waals surface area contributed by atoms with Gasteiger partial charge in [0.25, 0.3) is 0 Å². The molecule has 1 amide bonds. The van der Waals surface area contributed by atoms with Gasteiger partial charge in [-0.1, -0.05) is 6.92 Å². The number of sulfonamides is 1. The molecule has 26 heavy (non-hydrogen) atoms. The first kappa shape index (κ1) is 20.1. The second kappa shape index (κ2) is 8.15. The lowest BCUT2D eigenvalue weighted by atomic mass is 9.78. The number of ether oxygens (including phenoxy) is 1. The van der Waals surface area contributed by atoms with Crippen LogP contribution in [0, 0.1) is 11.8 Å². The van der Waals surface area contributed by atoms with E-state index in [1.807, 2.05) is 0 Å². The maximum Gasteiger partial charge on any atom is 0.222 e. The topological polar surface area (TPSA) is 66.9 Å². The second-order valence-corrected chi connectivity index (χ2v) is 10.5. The third-order valence-electron chi connectivity index (χ3n) is 6.18. The van der Waals surface area contributed by atoms with Gasteiger partial charge in [-0.05, 0) is 56.8 Å². The zero-order chi connectivity index (χ0) is 18.8. The summed E-state index contributed by atoms with van der Waals surface area (Å²) in [7, 11) is -3.12. The maximum atomic E-state index is 12.8. The van der Waals surface area contributed by atoms with Crippen molar-refractivity contribution in [2.24, 2.45) is 11.8 Å². The highest BCUT2D eigenvalue weighted by molar-refractivity contribution is 7.88. The summed E-state index contributed by atoms with van der Waals surface area (Å²) in [5.41, 5.74) is -0.226. The highest BCUT2D eigenvalue weighted by Gasteiger charge is 2.42. The number of hydrogen-bond acceptors (Lipinski definition) is 4. The lowest BCUT2D eigenvalue weighted by Gasteiger charge is -2.45. The Bertz CT molecular complexity index is 595. The van der Waals surface area contributed by atoms with E-state index in [0.29, 0.717) is 37.9 Å². The minimum Gasteiger partial charge on any atom is -0.375 e. The van der Waals surface area contributed by atoms with E-state index in [2.05, 4.69) is 11.8 Å². The number of carbonyl (C=O) groups excluding carboxylic acids is 1. The van der Waals surface area contributed by atoms with E-state index in [1.165, 1.54) is 19.1 Å². The van der Waals surface area contributed by atoms with Crippen LogP contribution in [-0.2, 0) is 19.6 Å². The van der Waals surface area contributed by atoms with Crippen LogP contribution in [0.5, 0.6) is 0 Å². The van der Waals surface area contributed by atoms with Crippen molar-refractivity contribution in [3.63, 3.8) is 0 Å². The van der Waals surface area contributed by atoms with E-state index in [-0.39, 0.29) is 5.60 Å². The van der Waals surface area contributed by atoms with Crippen molar-refractivity contribution >= 4 is 15.9 Å². The van der Waals surface area contributed by atoms with Crippen molar-refractivity contribution in [3.8, 4) is 0 Å². The number of rotatable bonds is 7. The molecule has 2 heterocycles. The normalized spacial score (nSPS) is 26.8. The zero-order valence-corrected chi connectivity index (χ0v) is 17.1. The Morgan fingerprint density at radius 3 is 2.46 bits per heavy atom. The molecule has 0 bridgehead atoms. The maximum absolute atomic E-state index is 12.8. The molecule has 150 valence electrons. The van der Waals surface area contributed by atoms with E-state index in [0.717, 1.165) is 51.1 Å². The van der Waals surface area contributed by atoms with Gasteiger partial charge in [0.15, 0.2) is 0 Å². The summed E-state index contributed by atoms with van der Waals surface area (Å²) in [6.45, 7) is 5.68. The molecule has 0 radical (unpaired) electrons. The van der Waals surface area contributed by atoms with Crippen LogP contribution in [-0.4, -0.2) is 68.2 Å². The summed E-state index contributed by atoms with van der Waals surface area (Å²) >= 11 is 0. The fraction of sp³-hybridized carbons (Fsp3) is 0.947. The molecular formula is C19H34N2O4S. The lowest BCUT2D eigenvalue weighted by molar-refractivity contribution is -0.140. The Morgan fingerprint density at radius 2 is 1.88 bits per heavy atom. The molecule has 3 fully saturated rings. The highest BCUT2D eigenvalue weighted by Crippen LogP contribution is 2.39. The number of hydrogen-bond donors (Lipinski definition) is 0. The van der Waals surface area contributed by atoms with Crippen LogP contribution in [0.3, 0.4) is 0 Å². The minimum atomic E-state index is -3.12. The Morgan fingerprint density at radius 1 is 1.19 bits per heavy atom. The predicted molar refractivity (Wildman–Crippen MR) is 101 cm³/mol. The van der Waals surface area contributed by atoms with Gasteiger partial charge in [0, 0.05) is 39.2 Å². The molecule has 7 heteroatoms. The van der Waals surface area contributed by atoms with E-state index >= 15 is 0 Å². The molecule has 3 aliphatic rings. The van der Waals surface area contributed by atoms with Crippen molar-refractivity contribution in [2.75, 3.05) is 39.0 Å². The summed E-state index contributed by atoms with van der Waals surface area (Å²) in [5.74, 6) is 1.39. The van der Waals surface area contributed by atoms with Gasteiger partial charge in [-0.2, -0.15) is 0 Å². The van der Waals surface area contributed by atoms with Crippen molar-refractivity contribution < 1.29 is 17.9 Å². The molecule has 1 aliphatic carbocycles. The van der Waals surface area contributed by atoms with Crippen LogP contribution in [0.4, 0.5) is 0 Å². The van der Waals surface area contributed by atoms with Crippen molar-refractivity contribution in [3.05, 3.63) is 0 Å². The first-order chi connectivity index (χ1) is 12.3. The minimum absolute atomic E-state index is 0.226. The van der Waals surface area contributed by atoms with Gasteiger partial charge < -0.3 is 9.64 Å². The zero-order valence-electron chi connectivity index (χ0n) is 16.3. The Hall–Kier alpha value is -0.660. The fourth-order valence-corrected chi connectivity index (χ4v) is 5.30. The third kappa shape index (κ3) is 5.20. The van der Waals surface area contributed by atoms with Gasteiger partial charge in [-0.25, -0.2) is 12.7 Å². The van der Waals surface area contributed by atoms with Gasteiger partial charge in [-0.15, -0.1) is 0 Å². The largest absolute Gasteiger partial charge is 0.375 e. The van der Waals surface area contributed by atoms with Gasteiger partial charge in [0.2, 0.25) is 15.9 Å². The van der Waals surface area contributed by atoms with Gasteiger partial charge in [0.1, 0.15) is 0 Å². The SMILES string of the molecule is CCCN(CC1CC1)C(=O)CC1CCOC2(CCN(S(C)(=O)=O)CC2)C1. The molecule has 1 unspecified atom stereocenters. The lowest BCUT2D eigenvalue weighted by Crippen LogP contribution is -2.51. The number of carbonyl (C=O) groups is 1. The first-order valence-corrected chi connectivity index (χ1v) is 12.0. The van der Waals surface area contributed by atoms with Crippen LogP contribution in [0.1, 0.15) is 58.3 Å². The predicted octanol–water partition coefficient (Wildman–Crippen LogP) is 2.25. The summed E-state index contributed by atoms with van der Waals surface area (Å²) in [4.78, 5) is 14.9. The van der Waals surface area contributed by atoms with Gasteiger partial charge in [0.05, 0.1) is 11.9 Å². The molecule has 1 spiro atoms. The van der Waals surface area contributed by atoms with Crippen molar-refractivity contribution in [1.29, 1.82) is 0 Å². The Kier molecular flexibility index (Phi) is 6.29. The molecule has 6 nitrogen and oxygen atoms in total. The van der Waals surface area contributed by atoms with Crippen LogP contribution in [0.25, 0.3) is 0 Å².